The van der Waals surface area contributed by atoms with E-state index in [-0.39, 0.29) is 6.00 Å². The van der Waals surface area contributed by atoms with E-state index in [1.165, 1.54) is 11.3 Å². The molecule has 6 nitrogen and oxygen atoms in total. The van der Waals surface area contributed by atoms with Crippen LogP contribution in [0.3, 0.4) is 0 Å². The summed E-state index contributed by atoms with van der Waals surface area (Å²) in [5.74, 6) is 1.46. The summed E-state index contributed by atoms with van der Waals surface area (Å²) in [4.78, 5) is 15.6. The predicted octanol–water partition coefficient (Wildman–Crippen LogP) is 5.78. The van der Waals surface area contributed by atoms with Gasteiger partial charge in [0.2, 0.25) is 0 Å². The van der Waals surface area contributed by atoms with Crippen LogP contribution in [0.15, 0.2) is 63.0 Å². The molecule has 0 spiro atoms. The fourth-order valence-corrected chi connectivity index (χ4v) is 4.43. The molecule has 0 amide bonds. The Balaban J connectivity index is 1.96. The summed E-state index contributed by atoms with van der Waals surface area (Å²) in [6.07, 6.45) is 6.56. The quantitative estimate of drug-likeness (QED) is 0.101. The summed E-state index contributed by atoms with van der Waals surface area (Å²) in [5, 5.41) is 8.13. The molecule has 32 heavy (non-hydrogen) atoms. The number of aliphatic imine (C=N–C) groups is 3. The Morgan fingerprint density at radius 3 is 2.75 bits per heavy atom. The molecular weight excluding hydrogens is 463 g/mol. The minimum Gasteiger partial charge on any atom is -0.370 e. The molecule has 0 atom stereocenters. The molecule has 0 aromatic carbocycles. The maximum absolute atomic E-state index is 6.24. The van der Waals surface area contributed by atoms with Gasteiger partial charge < -0.3 is 15.5 Å². The summed E-state index contributed by atoms with van der Waals surface area (Å²) in [6.45, 7) is 16.2. The second kappa shape index (κ2) is 14.1. The van der Waals surface area contributed by atoms with E-state index >= 15 is 0 Å². The Kier molecular flexibility index (Phi) is 11.6. The van der Waals surface area contributed by atoms with Crippen LogP contribution in [0, 0.1) is 0 Å². The van der Waals surface area contributed by atoms with Crippen molar-refractivity contribution in [2.24, 2.45) is 15.0 Å². The molecule has 1 aliphatic rings. The van der Waals surface area contributed by atoms with Gasteiger partial charge >= 0.3 is 0 Å². The third kappa shape index (κ3) is 7.50. The normalized spacial score (nSPS) is 13.7. The molecule has 2 heterocycles. The third-order valence-electron chi connectivity index (χ3n) is 5.01. The SMILES string of the molecule is C=CN/C(N=C)=C(/NCCl)C(=C)N(CCCC)CCCCC1=NCC(c2ccsc2Cl)=N1. The fraction of sp³-hybridized carbons (Fsp3) is 0.435. The van der Waals surface area contributed by atoms with Crippen molar-refractivity contribution in [1.29, 1.82) is 0 Å². The molecule has 0 bridgehead atoms. The van der Waals surface area contributed by atoms with Crippen LogP contribution >= 0.6 is 34.5 Å². The highest BCUT2D eigenvalue weighted by atomic mass is 35.5. The highest BCUT2D eigenvalue weighted by Gasteiger charge is 2.17. The summed E-state index contributed by atoms with van der Waals surface area (Å²) in [5.41, 5.74) is 3.53. The Bertz CT molecular complexity index is 887. The summed E-state index contributed by atoms with van der Waals surface area (Å²) < 4.78 is 0.777. The van der Waals surface area contributed by atoms with E-state index in [1.807, 2.05) is 11.4 Å². The lowest BCUT2D eigenvalue weighted by Gasteiger charge is -2.29. The van der Waals surface area contributed by atoms with Crippen molar-refractivity contribution in [3.8, 4) is 0 Å². The van der Waals surface area contributed by atoms with Crippen LogP contribution in [0.2, 0.25) is 4.34 Å². The van der Waals surface area contributed by atoms with E-state index in [0.717, 1.165) is 78.0 Å². The van der Waals surface area contributed by atoms with E-state index < -0.39 is 0 Å². The zero-order valence-corrected chi connectivity index (χ0v) is 21.0. The van der Waals surface area contributed by atoms with Gasteiger partial charge in [-0.1, -0.05) is 38.1 Å². The van der Waals surface area contributed by atoms with Crippen molar-refractivity contribution in [2.45, 2.75) is 39.0 Å². The Morgan fingerprint density at radius 1 is 1.34 bits per heavy atom. The number of nitrogens with one attached hydrogen (secondary N) is 2. The number of hydrogen-bond donors (Lipinski definition) is 2. The molecule has 1 aliphatic heterocycles. The van der Waals surface area contributed by atoms with E-state index in [0.29, 0.717) is 12.4 Å². The lowest BCUT2D eigenvalue weighted by molar-refractivity contribution is 0.332. The Labute approximate surface area is 205 Å². The van der Waals surface area contributed by atoms with Gasteiger partial charge in [0.25, 0.3) is 0 Å². The average Bonchev–Trinajstić information content (AvgIpc) is 3.43. The van der Waals surface area contributed by atoms with E-state index in [2.05, 4.69) is 57.3 Å². The minimum absolute atomic E-state index is 0.238. The van der Waals surface area contributed by atoms with Gasteiger partial charge in [0.1, 0.15) is 15.9 Å². The van der Waals surface area contributed by atoms with Crippen molar-refractivity contribution in [3.05, 3.63) is 57.9 Å². The van der Waals surface area contributed by atoms with Gasteiger partial charge in [0.05, 0.1) is 24.0 Å². The van der Waals surface area contributed by atoms with Gasteiger partial charge in [-0.05, 0) is 43.6 Å². The van der Waals surface area contributed by atoms with Gasteiger partial charge in [-0.15, -0.1) is 22.9 Å². The fourth-order valence-electron chi connectivity index (χ4n) is 3.33. The van der Waals surface area contributed by atoms with Crippen molar-refractivity contribution in [1.82, 2.24) is 15.5 Å². The van der Waals surface area contributed by atoms with Crippen LogP contribution in [0.5, 0.6) is 0 Å². The first-order valence-electron chi connectivity index (χ1n) is 10.7. The Hall–Kier alpha value is -2.09. The minimum atomic E-state index is 0.238. The number of unbranched alkanes of at least 4 members (excludes halogenated alkanes) is 2. The number of hydrogen-bond acceptors (Lipinski definition) is 7. The topological polar surface area (TPSA) is 64.4 Å². The van der Waals surface area contributed by atoms with Crippen molar-refractivity contribution in [3.63, 3.8) is 0 Å². The average molecular weight is 496 g/mol. The molecule has 0 aliphatic carbocycles. The molecule has 2 N–H and O–H groups in total. The zero-order valence-electron chi connectivity index (χ0n) is 18.7. The molecule has 2 rings (SSSR count). The number of rotatable bonds is 16. The number of alkyl halides is 1. The molecule has 1 aromatic heterocycles. The lowest BCUT2D eigenvalue weighted by atomic mass is 10.2. The number of amidine groups is 1. The molecule has 0 saturated carbocycles. The van der Waals surface area contributed by atoms with E-state index in [4.69, 9.17) is 23.2 Å². The second-order valence-corrected chi connectivity index (χ2v) is 8.97. The molecule has 0 unspecified atom stereocenters. The number of nitrogens with zero attached hydrogens (tertiary/aromatic N) is 4. The monoisotopic (exact) mass is 494 g/mol. The van der Waals surface area contributed by atoms with Crippen LogP contribution < -0.4 is 10.6 Å². The number of thiophene rings is 1. The molecule has 9 heteroatoms. The van der Waals surface area contributed by atoms with Gasteiger partial charge in [-0.2, -0.15) is 0 Å². The van der Waals surface area contributed by atoms with Gasteiger partial charge in [0, 0.05) is 25.1 Å². The smallest absolute Gasteiger partial charge is 0.154 e. The van der Waals surface area contributed by atoms with Crippen molar-refractivity contribution < 1.29 is 0 Å². The highest BCUT2D eigenvalue weighted by Crippen LogP contribution is 2.25. The van der Waals surface area contributed by atoms with Gasteiger partial charge in [-0.3, -0.25) is 4.99 Å². The van der Waals surface area contributed by atoms with Crippen LogP contribution in [0.4, 0.5) is 0 Å². The maximum atomic E-state index is 6.24. The molecule has 0 saturated heterocycles. The van der Waals surface area contributed by atoms with Gasteiger partial charge in [0.15, 0.2) is 5.82 Å². The van der Waals surface area contributed by atoms with Crippen molar-refractivity contribution >= 4 is 52.8 Å². The first kappa shape index (κ1) is 26.2. The second-order valence-electron chi connectivity index (χ2n) is 7.18. The lowest BCUT2D eigenvalue weighted by Crippen LogP contribution is -2.31. The van der Waals surface area contributed by atoms with E-state index in [9.17, 15) is 0 Å². The third-order valence-corrected chi connectivity index (χ3v) is 6.32. The Morgan fingerprint density at radius 2 is 2.12 bits per heavy atom. The zero-order chi connectivity index (χ0) is 23.3. The first-order valence-corrected chi connectivity index (χ1v) is 12.5. The van der Waals surface area contributed by atoms with Crippen LogP contribution in [-0.4, -0.2) is 48.8 Å². The summed E-state index contributed by atoms with van der Waals surface area (Å²) in [6, 6.07) is 2.25. The molecule has 0 fully saturated rings. The van der Waals surface area contributed by atoms with Crippen LogP contribution in [0.25, 0.3) is 0 Å². The molecule has 1 aromatic rings. The summed E-state index contributed by atoms with van der Waals surface area (Å²) >= 11 is 13.7. The molecule has 0 radical (unpaired) electrons. The standard InChI is InChI=1S/C23H32Cl2N6S/c1-5-7-12-31(17(3)21(29-16-24)23(26-4)27-6-2)13-9-8-10-20-28-15-19(30-20)18-11-14-32-22(18)25/h6,11,14,27,29H,2-5,7-10,12-13,15-16H2,1H3/b23-21+. The van der Waals surface area contributed by atoms with Gasteiger partial charge in [-0.25, -0.2) is 9.98 Å². The predicted molar refractivity (Wildman–Crippen MR) is 141 cm³/mol. The maximum Gasteiger partial charge on any atom is 0.154 e. The van der Waals surface area contributed by atoms with Crippen molar-refractivity contribution in [2.75, 3.05) is 25.6 Å². The highest BCUT2D eigenvalue weighted by molar-refractivity contribution is 7.14. The number of halogens is 2. The van der Waals surface area contributed by atoms with Crippen LogP contribution in [0.1, 0.15) is 44.6 Å². The summed E-state index contributed by atoms with van der Waals surface area (Å²) in [7, 11) is 0. The first-order chi connectivity index (χ1) is 15.5. The van der Waals surface area contributed by atoms with Crippen LogP contribution in [-0.2, 0) is 0 Å². The molecular formula is C23H32Cl2N6S. The molecule has 174 valence electrons. The largest absolute Gasteiger partial charge is 0.370 e. The van der Waals surface area contributed by atoms with E-state index in [1.54, 1.807) is 6.20 Å².